The minimum Gasteiger partial charge on any atom is -0.320 e. The average Bonchev–Trinajstić information content (AvgIpc) is 2.35. The van der Waals surface area contributed by atoms with E-state index in [1.54, 1.807) is 30.3 Å². The number of nitrogens with two attached hydrogens (primary N) is 1. The second kappa shape index (κ2) is 5.27. The van der Waals surface area contributed by atoms with E-state index in [0.717, 1.165) is 5.56 Å². The second-order valence-electron chi connectivity index (χ2n) is 4.15. The van der Waals surface area contributed by atoms with E-state index in [4.69, 9.17) is 28.9 Å². The molecule has 0 aromatic heterocycles. The molecule has 0 aliphatic heterocycles. The molecule has 2 aromatic carbocycles. The van der Waals surface area contributed by atoms with Gasteiger partial charge in [0.05, 0.1) is 16.1 Å². The summed E-state index contributed by atoms with van der Waals surface area (Å²) in [7, 11) is 0. The maximum Gasteiger partial charge on any atom is 0.128 e. The molecule has 94 valence electrons. The van der Waals surface area contributed by atoms with Gasteiger partial charge in [0.1, 0.15) is 5.82 Å². The van der Waals surface area contributed by atoms with Crippen LogP contribution in [0.3, 0.4) is 0 Å². The minimum absolute atomic E-state index is 0.343. The molecule has 0 heterocycles. The predicted octanol–water partition coefficient (Wildman–Crippen LogP) is 4.49. The maximum absolute atomic E-state index is 13.8. The Morgan fingerprint density at radius 1 is 1.11 bits per heavy atom. The number of halogens is 3. The highest BCUT2D eigenvalue weighted by atomic mass is 35.5. The average molecular weight is 284 g/mol. The molecule has 2 aromatic rings. The van der Waals surface area contributed by atoms with Gasteiger partial charge in [-0.1, -0.05) is 53.0 Å². The first-order valence-corrected chi connectivity index (χ1v) is 6.22. The molecule has 4 heteroatoms. The Labute approximate surface area is 115 Å². The molecule has 0 spiro atoms. The van der Waals surface area contributed by atoms with Crippen molar-refractivity contribution < 1.29 is 4.39 Å². The van der Waals surface area contributed by atoms with Crippen molar-refractivity contribution in [2.75, 3.05) is 0 Å². The molecule has 2 rings (SSSR count). The molecule has 1 atom stereocenters. The smallest absolute Gasteiger partial charge is 0.128 e. The third-order valence-electron chi connectivity index (χ3n) is 2.80. The van der Waals surface area contributed by atoms with Gasteiger partial charge in [0, 0.05) is 5.56 Å². The normalized spacial score (nSPS) is 12.5. The van der Waals surface area contributed by atoms with Crippen LogP contribution in [0.2, 0.25) is 10.0 Å². The van der Waals surface area contributed by atoms with Gasteiger partial charge in [-0.3, -0.25) is 0 Å². The molecule has 0 radical (unpaired) electrons. The molecule has 2 N–H and O–H groups in total. The Morgan fingerprint density at radius 2 is 1.83 bits per heavy atom. The van der Waals surface area contributed by atoms with E-state index >= 15 is 0 Å². The van der Waals surface area contributed by atoms with Crippen molar-refractivity contribution in [3.05, 3.63) is 69.0 Å². The van der Waals surface area contributed by atoms with Crippen LogP contribution in [0.5, 0.6) is 0 Å². The third kappa shape index (κ3) is 2.51. The number of hydrogen-bond acceptors (Lipinski definition) is 1. The van der Waals surface area contributed by atoms with Crippen LogP contribution >= 0.6 is 23.2 Å². The van der Waals surface area contributed by atoms with Crippen molar-refractivity contribution in [2.24, 2.45) is 5.73 Å². The van der Waals surface area contributed by atoms with E-state index in [9.17, 15) is 4.39 Å². The monoisotopic (exact) mass is 283 g/mol. The van der Waals surface area contributed by atoms with Crippen LogP contribution < -0.4 is 5.73 Å². The van der Waals surface area contributed by atoms with Crippen molar-refractivity contribution >= 4 is 23.2 Å². The second-order valence-corrected chi connectivity index (χ2v) is 4.93. The zero-order valence-electron chi connectivity index (χ0n) is 9.75. The molecule has 0 saturated heterocycles. The number of hydrogen-bond donors (Lipinski definition) is 1. The quantitative estimate of drug-likeness (QED) is 0.864. The van der Waals surface area contributed by atoms with Gasteiger partial charge in [0.25, 0.3) is 0 Å². The fourth-order valence-corrected chi connectivity index (χ4v) is 2.26. The van der Waals surface area contributed by atoms with Crippen molar-refractivity contribution in [2.45, 2.75) is 13.0 Å². The Kier molecular flexibility index (Phi) is 3.91. The summed E-state index contributed by atoms with van der Waals surface area (Å²) in [5.74, 6) is -0.343. The molecule has 18 heavy (non-hydrogen) atoms. The van der Waals surface area contributed by atoms with Crippen LogP contribution in [0.15, 0.2) is 36.4 Å². The van der Waals surface area contributed by atoms with Crippen LogP contribution in [0.1, 0.15) is 22.7 Å². The highest BCUT2D eigenvalue weighted by Gasteiger charge is 2.17. The zero-order valence-corrected chi connectivity index (χ0v) is 11.3. The van der Waals surface area contributed by atoms with Gasteiger partial charge in [0.2, 0.25) is 0 Å². The number of benzene rings is 2. The topological polar surface area (TPSA) is 26.0 Å². The van der Waals surface area contributed by atoms with Crippen LogP contribution in [-0.2, 0) is 0 Å². The van der Waals surface area contributed by atoms with Crippen LogP contribution in [0.25, 0.3) is 0 Å². The van der Waals surface area contributed by atoms with Crippen molar-refractivity contribution in [3.63, 3.8) is 0 Å². The SMILES string of the molecule is Cc1ccc(F)c(C(N)c2cccc(Cl)c2Cl)c1. The maximum atomic E-state index is 13.8. The lowest BCUT2D eigenvalue weighted by Gasteiger charge is -2.16. The Morgan fingerprint density at radius 3 is 2.56 bits per heavy atom. The van der Waals surface area contributed by atoms with Gasteiger partial charge >= 0.3 is 0 Å². The Balaban J connectivity index is 2.51. The Hall–Kier alpha value is -1.09. The summed E-state index contributed by atoms with van der Waals surface area (Å²) in [5, 5.41) is 0.783. The molecular weight excluding hydrogens is 272 g/mol. The van der Waals surface area contributed by atoms with E-state index in [0.29, 0.717) is 21.2 Å². The molecular formula is C14H12Cl2FN. The molecule has 0 aliphatic carbocycles. The highest BCUT2D eigenvalue weighted by Crippen LogP contribution is 2.32. The molecule has 1 nitrogen and oxygen atoms in total. The molecule has 0 bridgehead atoms. The van der Waals surface area contributed by atoms with E-state index in [2.05, 4.69) is 0 Å². The van der Waals surface area contributed by atoms with Gasteiger partial charge in [-0.2, -0.15) is 0 Å². The molecule has 0 amide bonds. The fraction of sp³-hybridized carbons (Fsp3) is 0.143. The number of rotatable bonds is 2. The first kappa shape index (κ1) is 13.3. The van der Waals surface area contributed by atoms with E-state index in [1.807, 2.05) is 6.92 Å². The summed E-state index contributed by atoms with van der Waals surface area (Å²) < 4.78 is 13.8. The summed E-state index contributed by atoms with van der Waals surface area (Å²) in [4.78, 5) is 0. The number of aryl methyl sites for hydroxylation is 1. The van der Waals surface area contributed by atoms with Gasteiger partial charge in [0.15, 0.2) is 0 Å². The molecule has 0 aliphatic rings. The first-order valence-electron chi connectivity index (χ1n) is 5.46. The van der Waals surface area contributed by atoms with Crippen molar-refractivity contribution in [3.8, 4) is 0 Å². The minimum atomic E-state index is -0.629. The summed E-state index contributed by atoms with van der Waals surface area (Å²) in [6.45, 7) is 1.88. The molecule has 0 fully saturated rings. The first-order chi connectivity index (χ1) is 8.50. The molecule has 1 unspecified atom stereocenters. The molecule has 0 saturated carbocycles. The van der Waals surface area contributed by atoms with Gasteiger partial charge < -0.3 is 5.73 Å². The van der Waals surface area contributed by atoms with Crippen LogP contribution in [0.4, 0.5) is 4.39 Å². The summed E-state index contributed by atoms with van der Waals surface area (Å²) in [5.41, 5.74) is 8.05. The Bertz CT molecular complexity index is 582. The van der Waals surface area contributed by atoms with E-state index in [-0.39, 0.29) is 5.82 Å². The van der Waals surface area contributed by atoms with Crippen molar-refractivity contribution in [1.82, 2.24) is 0 Å². The lowest BCUT2D eigenvalue weighted by atomic mass is 9.97. The van der Waals surface area contributed by atoms with Crippen LogP contribution in [0, 0.1) is 12.7 Å². The van der Waals surface area contributed by atoms with Gasteiger partial charge in [-0.05, 0) is 24.6 Å². The van der Waals surface area contributed by atoms with Gasteiger partial charge in [-0.15, -0.1) is 0 Å². The standard InChI is InChI=1S/C14H12Cl2FN/c1-8-5-6-12(17)10(7-8)14(18)9-3-2-4-11(15)13(9)16/h2-7,14H,18H2,1H3. The zero-order chi connectivity index (χ0) is 13.3. The largest absolute Gasteiger partial charge is 0.320 e. The predicted molar refractivity (Wildman–Crippen MR) is 73.6 cm³/mol. The summed E-state index contributed by atoms with van der Waals surface area (Å²) in [6.07, 6.45) is 0. The van der Waals surface area contributed by atoms with E-state index < -0.39 is 6.04 Å². The highest BCUT2D eigenvalue weighted by molar-refractivity contribution is 6.42. The van der Waals surface area contributed by atoms with Crippen molar-refractivity contribution in [1.29, 1.82) is 0 Å². The summed E-state index contributed by atoms with van der Waals surface area (Å²) >= 11 is 12.0. The lowest BCUT2D eigenvalue weighted by molar-refractivity contribution is 0.599. The summed E-state index contributed by atoms with van der Waals surface area (Å²) in [6, 6.07) is 9.37. The van der Waals surface area contributed by atoms with Gasteiger partial charge in [-0.25, -0.2) is 4.39 Å². The van der Waals surface area contributed by atoms with E-state index in [1.165, 1.54) is 6.07 Å². The fourth-order valence-electron chi connectivity index (χ4n) is 1.83. The lowest BCUT2D eigenvalue weighted by Crippen LogP contribution is -2.14. The third-order valence-corrected chi connectivity index (χ3v) is 3.64. The van der Waals surface area contributed by atoms with Crippen LogP contribution in [-0.4, -0.2) is 0 Å².